The minimum atomic E-state index is -0.272. The Morgan fingerprint density at radius 3 is 2.38 bits per heavy atom. The highest BCUT2D eigenvalue weighted by Crippen LogP contribution is 2.37. The van der Waals surface area contributed by atoms with Gasteiger partial charge in [0.05, 0.1) is 30.4 Å². The van der Waals surface area contributed by atoms with E-state index in [2.05, 4.69) is 36.8 Å². The van der Waals surface area contributed by atoms with Gasteiger partial charge >= 0.3 is 0 Å². The Morgan fingerprint density at radius 2 is 1.64 bits per heavy atom. The van der Waals surface area contributed by atoms with Crippen molar-refractivity contribution in [3.8, 4) is 11.1 Å². The van der Waals surface area contributed by atoms with Gasteiger partial charge in [0.1, 0.15) is 0 Å². The van der Waals surface area contributed by atoms with Crippen LogP contribution in [0.2, 0.25) is 0 Å². The van der Waals surface area contributed by atoms with Crippen LogP contribution in [0.1, 0.15) is 42.9 Å². The van der Waals surface area contributed by atoms with Gasteiger partial charge in [-0.1, -0.05) is 74.3 Å². The van der Waals surface area contributed by atoms with Crippen LogP contribution in [0.3, 0.4) is 0 Å². The molecule has 0 spiro atoms. The lowest BCUT2D eigenvalue weighted by atomic mass is 9.91. The van der Waals surface area contributed by atoms with Gasteiger partial charge in [0, 0.05) is 31.8 Å². The average molecular weight is 649 g/mol. The number of carbonyl (C=O) groups excluding carboxylic acids is 1. The molecule has 1 fully saturated rings. The van der Waals surface area contributed by atoms with Crippen LogP contribution < -0.4 is 10.5 Å². The third-order valence-electron chi connectivity index (χ3n) is 7.71. The fraction of sp³-hybridized carbons (Fsp3) is 0.258. The van der Waals surface area contributed by atoms with Crippen LogP contribution in [0.4, 0.5) is 0 Å². The number of benzene rings is 3. The van der Waals surface area contributed by atoms with Crippen LogP contribution >= 0.6 is 31.9 Å². The summed E-state index contributed by atoms with van der Waals surface area (Å²) < 4.78 is 1.90. The minimum Gasteiger partial charge on any atom is -0.327 e. The summed E-state index contributed by atoms with van der Waals surface area (Å²) in [7, 11) is 0. The van der Waals surface area contributed by atoms with Gasteiger partial charge in [-0.3, -0.25) is 9.59 Å². The molecule has 3 heterocycles. The summed E-state index contributed by atoms with van der Waals surface area (Å²) in [4.78, 5) is 31.8. The van der Waals surface area contributed by atoms with E-state index >= 15 is 0 Å². The molecule has 0 bridgehead atoms. The van der Waals surface area contributed by atoms with E-state index in [1.54, 1.807) is 5.01 Å². The van der Waals surface area contributed by atoms with Crippen LogP contribution in [0.25, 0.3) is 22.0 Å². The third kappa shape index (κ3) is 5.38. The van der Waals surface area contributed by atoms with Gasteiger partial charge in [-0.2, -0.15) is 5.10 Å². The summed E-state index contributed by atoms with van der Waals surface area (Å²) in [5.41, 5.74) is 4.48. The Labute approximate surface area is 244 Å². The molecular formula is C31H29Br2N4O2+. The number of likely N-dealkylation sites (tertiary alicyclic amines) is 1. The number of fused-ring (bicyclic) bond motifs is 1. The van der Waals surface area contributed by atoms with Crippen LogP contribution in [-0.2, 0) is 4.79 Å². The number of H-pyrrole nitrogens is 1. The minimum absolute atomic E-state index is 0.00366. The molecule has 6 rings (SSSR count). The first-order valence-electron chi connectivity index (χ1n) is 13.4. The normalized spacial score (nSPS) is 17.9. The number of hydrogen-bond acceptors (Lipinski definition) is 3. The second-order valence-corrected chi connectivity index (χ2v) is 12.1. The molecule has 39 heavy (non-hydrogen) atoms. The number of aromatic amines is 1. The molecule has 0 radical (unpaired) electrons. The zero-order valence-electron chi connectivity index (χ0n) is 21.4. The van der Waals surface area contributed by atoms with E-state index in [4.69, 9.17) is 5.10 Å². The van der Waals surface area contributed by atoms with E-state index in [-0.39, 0.29) is 17.5 Å². The summed E-state index contributed by atoms with van der Waals surface area (Å²) in [6, 6.07) is 23.6. The molecule has 2 aliphatic rings. The first-order chi connectivity index (χ1) is 19.0. The first kappa shape index (κ1) is 26.2. The van der Waals surface area contributed by atoms with Gasteiger partial charge < -0.3 is 9.88 Å². The molecule has 1 amide bonds. The largest absolute Gasteiger partial charge is 0.327 e. The number of carbonyl (C=O) groups is 1. The molecule has 1 saturated heterocycles. The number of quaternary nitrogens is 1. The van der Waals surface area contributed by atoms with Gasteiger partial charge in [0.25, 0.3) is 11.5 Å². The zero-order valence-corrected chi connectivity index (χ0v) is 24.6. The highest BCUT2D eigenvalue weighted by atomic mass is 79.9. The van der Waals surface area contributed by atoms with Crippen molar-refractivity contribution in [2.45, 2.75) is 31.7 Å². The average Bonchev–Trinajstić information content (AvgIpc) is 3.39. The van der Waals surface area contributed by atoms with Crippen molar-refractivity contribution in [2.75, 3.05) is 19.6 Å². The number of amides is 1. The fourth-order valence-corrected chi connectivity index (χ4v) is 6.43. The quantitative estimate of drug-likeness (QED) is 0.302. The monoisotopic (exact) mass is 647 g/mol. The van der Waals surface area contributed by atoms with Gasteiger partial charge in [-0.15, -0.1) is 0 Å². The van der Waals surface area contributed by atoms with Crippen molar-refractivity contribution in [3.05, 3.63) is 103 Å². The van der Waals surface area contributed by atoms with E-state index in [0.29, 0.717) is 24.2 Å². The first-order valence-corrected chi connectivity index (χ1v) is 15.0. The van der Waals surface area contributed by atoms with Crippen molar-refractivity contribution in [2.24, 2.45) is 5.10 Å². The summed E-state index contributed by atoms with van der Waals surface area (Å²) >= 11 is 7.13. The second kappa shape index (κ2) is 11.2. The van der Waals surface area contributed by atoms with E-state index in [1.165, 1.54) is 11.3 Å². The Balaban J connectivity index is 1.49. The topological polar surface area (TPSA) is 70.0 Å². The fourth-order valence-electron chi connectivity index (χ4n) is 5.80. The molecule has 0 aliphatic carbocycles. The van der Waals surface area contributed by atoms with Crippen molar-refractivity contribution < 1.29 is 9.69 Å². The summed E-state index contributed by atoms with van der Waals surface area (Å²) in [6.07, 6.45) is 3.99. The molecule has 8 heteroatoms. The Hall–Kier alpha value is -3.07. The van der Waals surface area contributed by atoms with Crippen LogP contribution in [0.5, 0.6) is 0 Å². The van der Waals surface area contributed by atoms with Gasteiger partial charge in [0.15, 0.2) is 6.54 Å². The Kier molecular flexibility index (Phi) is 7.51. The van der Waals surface area contributed by atoms with E-state index < -0.39 is 0 Å². The van der Waals surface area contributed by atoms with Crippen molar-refractivity contribution >= 4 is 54.4 Å². The standard InChI is InChI=1S/C31H28Br2N4O2/c32-22-11-9-20(10-12-22)27-18-26(35-37(27)28(38)19-36-15-5-2-6-16-36)30-29(21-7-3-1-4-8-21)24-17-23(33)13-14-25(24)34-31(30)39/h1,3-4,7-14,17,27H,2,5-6,15-16,18-19H2,(H,34,39)/p+1/t27-/m0/s1. The summed E-state index contributed by atoms with van der Waals surface area (Å²) in [5.74, 6) is -0.00366. The van der Waals surface area contributed by atoms with Crippen LogP contribution in [-0.4, -0.2) is 41.2 Å². The number of pyridine rings is 1. The number of hydrazone groups is 1. The van der Waals surface area contributed by atoms with E-state index in [0.717, 1.165) is 62.5 Å². The molecule has 198 valence electrons. The predicted octanol–water partition coefficient (Wildman–Crippen LogP) is 5.47. The highest BCUT2D eigenvalue weighted by molar-refractivity contribution is 9.10. The number of piperidine rings is 1. The number of nitrogens with zero attached hydrogens (tertiary/aromatic N) is 2. The maximum Gasteiger partial charge on any atom is 0.298 e. The van der Waals surface area contributed by atoms with Crippen LogP contribution in [0.15, 0.2) is 91.6 Å². The number of rotatable bonds is 5. The third-order valence-corrected chi connectivity index (χ3v) is 8.73. The molecule has 0 unspecified atom stereocenters. The molecule has 0 saturated carbocycles. The highest BCUT2D eigenvalue weighted by Gasteiger charge is 2.37. The number of aromatic nitrogens is 1. The predicted molar refractivity (Wildman–Crippen MR) is 162 cm³/mol. The molecule has 2 N–H and O–H groups in total. The Morgan fingerprint density at radius 1 is 0.923 bits per heavy atom. The zero-order chi connectivity index (χ0) is 26.9. The van der Waals surface area contributed by atoms with E-state index in [1.807, 2.05) is 72.8 Å². The smallest absolute Gasteiger partial charge is 0.298 e. The second-order valence-electron chi connectivity index (χ2n) is 10.3. The number of hydrogen-bond donors (Lipinski definition) is 2. The van der Waals surface area contributed by atoms with Gasteiger partial charge in [-0.25, -0.2) is 5.01 Å². The molecule has 4 aromatic rings. The maximum atomic E-state index is 13.7. The van der Waals surface area contributed by atoms with Crippen molar-refractivity contribution in [3.63, 3.8) is 0 Å². The molecular weight excluding hydrogens is 620 g/mol. The lowest BCUT2D eigenvalue weighted by Crippen LogP contribution is -3.13. The summed E-state index contributed by atoms with van der Waals surface area (Å²) in [5, 5.41) is 7.49. The number of nitrogens with one attached hydrogen (secondary N) is 2. The molecule has 3 aromatic carbocycles. The maximum absolute atomic E-state index is 13.7. The Bertz CT molecular complexity index is 1610. The van der Waals surface area contributed by atoms with Crippen LogP contribution in [0, 0.1) is 0 Å². The lowest BCUT2D eigenvalue weighted by Gasteiger charge is -2.27. The number of halogens is 2. The van der Waals surface area contributed by atoms with Gasteiger partial charge in [-0.05, 0) is 60.7 Å². The molecule has 6 nitrogen and oxygen atoms in total. The van der Waals surface area contributed by atoms with E-state index in [9.17, 15) is 9.59 Å². The molecule has 1 atom stereocenters. The summed E-state index contributed by atoms with van der Waals surface area (Å²) in [6.45, 7) is 2.43. The van der Waals surface area contributed by atoms with Gasteiger partial charge in [0.2, 0.25) is 0 Å². The van der Waals surface area contributed by atoms with Crippen molar-refractivity contribution in [1.82, 2.24) is 9.99 Å². The van der Waals surface area contributed by atoms with Crippen molar-refractivity contribution in [1.29, 1.82) is 0 Å². The SMILES string of the molecule is O=C(C[NH+]1CCCCC1)N1N=C(c2c(-c3ccccc3)c3cc(Br)ccc3[nH]c2=O)C[C@H]1c1ccc(Br)cc1. The molecule has 2 aliphatic heterocycles. The lowest BCUT2D eigenvalue weighted by molar-refractivity contribution is -0.897. The molecule has 1 aromatic heterocycles.